The molecule has 4 heteroatoms. The third-order valence-electron chi connectivity index (χ3n) is 2.53. The van der Waals surface area contributed by atoms with Crippen molar-refractivity contribution in [1.29, 1.82) is 0 Å². The van der Waals surface area contributed by atoms with Crippen LogP contribution in [-0.4, -0.2) is 10.0 Å². The molecule has 0 bridgehead atoms. The first kappa shape index (κ1) is 13.7. The van der Waals surface area contributed by atoms with Crippen LogP contribution in [0, 0.1) is 24.0 Å². The van der Waals surface area contributed by atoms with Crippen molar-refractivity contribution in [3.63, 3.8) is 0 Å². The molecule has 0 aliphatic rings. The number of rotatable bonds is 1. The minimum Gasteiger partial charge on any atom is -0.508 e. The zero-order valence-electron chi connectivity index (χ0n) is 10.3. The van der Waals surface area contributed by atoms with Gasteiger partial charge in [-0.3, -0.25) is 10.1 Å². The summed E-state index contributed by atoms with van der Waals surface area (Å²) in [7, 11) is 0. The zero-order chi connectivity index (χ0) is 13.5. The Hall–Kier alpha value is -2.36. The van der Waals surface area contributed by atoms with E-state index in [1.165, 1.54) is 6.07 Å². The first-order valence-corrected chi connectivity index (χ1v) is 5.47. The molecule has 0 amide bonds. The minimum atomic E-state index is -0.359. The van der Waals surface area contributed by atoms with Crippen molar-refractivity contribution >= 4 is 5.69 Å². The molecular weight excluding hydrogens is 230 g/mol. The molecule has 1 N–H and O–H groups in total. The van der Waals surface area contributed by atoms with Crippen molar-refractivity contribution in [3.05, 3.63) is 69.8 Å². The molecule has 0 heterocycles. The van der Waals surface area contributed by atoms with Crippen LogP contribution in [0.1, 0.15) is 11.1 Å². The Morgan fingerprint density at radius 3 is 2.00 bits per heavy atom. The SMILES string of the molecule is Cc1cccc([N+](=O)[O-])c1C.Oc1ccccc1. The number of benzene rings is 2. The Morgan fingerprint density at radius 2 is 1.61 bits per heavy atom. The number of phenolic OH excluding ortho intramolecular Hbond substituents is 1. The van der Waals surface area contributed by atoms with Crippen molar-refractivity contribution in [3.8, 4) is 5.75 Å². The summed E-state index contributed by atoms with van der Waals surface area (Å²) in [5.74, 6) is 0.322. The van der Waals surface area contributed by atoms with E-state index in [0.717, 1.165) is 11.1 Å². The van der Waals surface area contributed by atoms with Crippen LogP contribution in [-0.2, 0) is 0 Å². The number of phenols is 1. The predicted molar refractivity (Wildman–Crippen MR) is 70.7 cm³/mol. The maximum atomic E-state index is 10.4. The van der Waals surface area contributed by atoms with Crippen molar-refractivity contribution in [1.82, 2.24) is 0 Å². The standard InChI is InChI=1S/C8H9NO2.C6H6O/c1-6-4-3-5-8(7(6)2)9(10)11;7-6-4-2-1-3-5-6/h3-5H,1-2H3;1-5,7H. The van der Waals surface area contributed by atoms with Gasteiger partial charge in [0.2, 0.25) is 0 Å². The summed E-state index contributed by atoms with van der Waals surface area (Å²) in [5, 5.41) is 19.0. The third kappa shape index (κ3) is 3.90. The summed E-state index contributed by atoms with van der Waals surface area (Å²) in [6.45, 7) is 3.62. The number of nitro benzene ring substituents is 1. The monoisotopic (exact) mass is 245 g/mol. The molecule has 2 rings (SSSR count). The van der Waals surface area contributed by atoms with Crippen LogP contribution in [0.25, 0.3) is 0 Å². The average molecular weight is 245 g/mol. The van der Waals surface area contributed by atoms with E-state index in [0.29, 0.717) is 5.75 Å². The van der Waals surface area contributed by atoms with Crippen LogP contribution in [0.15, 0.2) is 48.5 Å². The fourth-order valence-corrected chi connectivity index (χ4v) is 1.36. The number of hydrogen-bond donors (Lipinski definition) is 1. The molecule has 0 saturated heterocycles. The fourth-order valence-electron chi connectivity index (χ4n) is 1.36. The summed E-state index contributed by atoms with van der Waals surface area (Å²) in [5.41, 5.74) is 1.90. The van der Waals surface area contributed by atoms with Crippen LogP contribution >= 0.6 is 0 Å². The molecule has 2 aromatic carbocycles. The van der Waals surface area contributed by atoms with E-state index < -0.39 is 0 Å². The normalized spacial score (nSPS) is 9.22. The van der Waals surface area contributed by atoms with Crippen LogP contribution in [0.3, 0.4) is 0 Å². The molecule has 94 valence electrons. The highest BCUT2D eigenvalue weighted by molar-refractivity contribution is 5.43. The highest BCUT2D eigenvalue weighted by Crippen LogP contribution is 2.19. The second-order valence-corrected chi connectivity index (χ2v) is 3.81. The highest BCUT2D eigenvalue weighted by Gasteiger charge is 2.09. The van der Waals surface area contributed by atoms with Gasteiger partial charge in [0.15, 0.2) is 0 Å². The van der Waals surface area contributed by atoms with Crippen molar-refractivity contribution < 1.29 is 10.0 Å². The number of nitro groups is 1. The van der Waals surface area contributed by atoms with Gasteiger partial charge >= 0.3 is 0 Å². The molecule has 0 aromatic heterocycles. The van der Waals surface area contributed by atoms with Gasteiger partial charge in [-0.05, 0) is 31.5 Å². The molecule has 4 nitrogen and oxygen atoms in total. The fraction of sp³-hybridized carbons (Fsp3) is 0.143. The summed E-state index contributed by atoms with van der Waals surface area (Å²) >= 11 is 0. The molecule has 2 aromatic rings. The number of aromatic hydroxyl groups is 1. The quantitative estimate of drug-likeness (QED) is 0.616. The Balaban J connectivity index is 0.000000199. The van der Waals surface area contributed by atoms with E-state index in [1.807, 2.05) is 19.1 Å². The maximum absolute atomic E-state index is 10.4. The van der Waals surface area contributed by atoms with E-state index in [1.54, 1.807) is 37.3 Å². The van der Waals surface area contributed by atoms with Crippen molar-refractivity contribution in [2.45, 2.75) is 13.8 Å². The number of nitrogens with zero attached hydrogens (tertiary/aromatic N) is 1. The molecule has 0 aliphatic carbocycles. The Morgan fingerprint density at radius 1 is 1.00 bits per heavy atom. The first-order valence-electron chi connectivity index (χ1n) is 5.47. The maximum Gasteiger partial charge on any atom is 0.272 e. The van der Waals surface area contributed by atoms with Gasteiger partial charge in [-0.25, -0.2) is 0 Å². The molecule has 0 aliphatic heterocycles. The first-order chi connectivity index (χ1) is 8.52. The van der Waals surface area contributed by atoms with E-state index in [4.69, 9.17) is 5.11 Å². The van der Waals surface area contributed by atoms with E-state index in [9.17, 15) is 10.1 Å². The molecular formula is C14H15NO3. The lowest BCUT2D eigenvalue weighted by molar-refractivity contribution is -0.385. The molecule has 0 radical (unpaired) electrons. The van der Waals surface area contributed by atoms with Crippen LogP contribution in [0.2, 0.25) is 0 Å². The van der Waals surface area contributed by atoms with E-state index in [-0.39, 0.29) is 10.6 Å². The van der Waals surface area contributed by atoms with Gasteiger partial charge in [0.05, 0.1) is 4.92 Å². The van der Waals surface area contributed by atoms with Gasteiger partial charge in [0.25, 0.3) is 5.69 Å². The number of hydrogen-bond acceptors (Lipinski definition) is 3. The minimum absolute atomic E-state index is 0.199. The number of para-hydroxylation sites is 1. The van der Waals surface area contributed by atoms with Crippen molar-refractivity contribution in [2.75, 3.05) is 0 Å². The Bertz CT molecular complexity index is 524. The lowest BCUT2D eigenvalue weighted by Gasteiger charge is -1.98. The largest absolute Gasteiger partial charge is 0.508 e. The van der Waals surface area contributed by atoms with E-state index >= 15 is 0 Å². The van der Waals surface area contributed by atoms with E-state index in [2.05, 4.69) is 0 Å². The Labute approximate surface area is 106 Å². The van der Waals surface area contributed by atoms with Crippen LogP contribution in [0.5, 0.6) is 5.75 Å². The second kappa shape index (κ2) is 6.39. The van der Waals surface area contributed by atoms with Crippen LogP contribution in [0.4, 0.5) is 5.69 Å². The smallest absolute Gasteiger partial charge is 0.272 e. The summed E-state index contributed by atoms with van der Waals surface area (Å²) < 4.78 is 0. The molecule has 0 fully saturated rings. The highest BCUT2D eigenvalue weighted by atomic mass is 16.6. The van der Waals surface area contributed by atoms with Gasteiger partial charge in [0.1, 0.15) is 5.75 Å². The topological polar surface area (TPSA) is 63.4 Å². The lowest BCUT2D eigenvalue weighted by Crippen LogP contribution is -1.92. The van der Waals surface area contributed by atoms with Gasteiger partial charge in [-0.15, -0.1) is 0 Å². The second-order valence-electron chi connectivity index (χ2n) is 3.81. The van der Waals surface area contributed by atoms with Crippen molar-refractivity contribution in [2.24, 2.45) is 0 Å². The Kier molecular flexibility index (Phi) is 4.87. The lowest BCUT2D eigenvalue weighted by atomic mass is 10.1. The molecule has 0 unspecified atom stereocenters. The molecule has 0 atom stereocenters. The average Bonchev–Trinajstić information content (AvgIpc) is 2.34. The molecule has 0 saturated carbocycles. The summed E-state index contributed by atoms with van der Waals surface area (Å²) in [6.07, 6.45) is 0. The van der Waals surface area contributed by atoms with Gasteiger partial charge in [-0.2, -0.15) is 0 Å². The van der Waals surface area contributed by atoms with Gasteiger partial charge < -0.3 is 5.11 Å². The zero-order valence-corrected chi connectivity index (χ0v) is 10.3. The molecule has 0 spiro atoms. The molecule has 18 heavy (non-hydrogen) atoms. The third-order valence-corrected chi connectivity index (χ3v) is 2.53. The van der Waals surface area contributed by atoms with Crippen LogP contribution < -0.4 is 0 Å². The van der Waals surface area contributed by atoms with Gasteiger partial charge in [-0.1, -0.05) is 30.3 Å². The summed E-state index contributed by atoms with van der Waals surface area (Å²) in [4.78, 5) is 10.0. The predicted octanol–water partition coefficient (Wildman–Crippen LogP) is 3.60. The summed E-state index contributed by atoms with van der Waals surface area (Å²) in [6, 6.07) is 13.8. The van der Waals surface area contributed by atoms with Gasteiger partial charge in [0, 0.05) is 11.6 Å². The number of aryl methyl sites for hydroxylation is 1.